The molecule has 2 aromatic rings. The van der Waals surface area contributed by atoms with Crippen LogP contribution in [0.25, 0.3) is 0 Å². The third-order valence-corrected chi connectivity index (χ3v) is 4.94. The molecule has 0 aliphatic heterocycles. The third-order valence-electron chi connectivity index (χ3n) is 3.62. The number of hydrogen-bond donors (Lipinski definition) is 1. The number of nitrogens with two attached hydrogens (primary N) is 1. The summed E-state index contributed by atoms with van der Waals surface area (Å²) in [6.45, 7) is 2.00. The van der Waals surface area contributed by atoms with Gasteiger partial charge in [-0.3, -0.25) is 4.98 Å². The van der Waals surface area contributed by atoms with Gasteiger partial charge in [-0.1, -0.05) is 6.07 Å². The number of aryl methyl sites for hydroxylation is 3. The SMILES string of the molecule is Cc1ccc(C(N)c2cc3c(s2)CCCC3)cn1. The fourth-order valence-electron chi connectivity index (χ4n) is 2.49. The van der Waals surface area contributed by atoms with Crippen LogP contribution >= 0.6 is 11.3 Å². The number of nitrogens with zero attached hydrogens (tertiary/aromatic N) is 1. The Morgan fingerprint density at radius 2 is 2.11 bits per heavy atom. The number of aromatic nitrogens is 1. The summed E-state index contributed by atoms with van der Waals surface area (Å²) in [7, 11) is 0. The van der Waals surface area contributed by atoms with Crippen molar-refractivity contribution in [2.75, 3.05) is 0 Å². The Kier molecular flexibility index (Phi) is 3.18. The van der Waals surface area contributed by atoms with Crippen molar-refractivity contribution in [3.63, 3.8) is 0 Å². The maximum atomic E-state index is 6.35. The van der Waals surface area contributed by atoms with Gasteiger partial charge in [0.15, 0.2) is 0 Å². The van der Waals surface area contributed by atoms with Crippen molar-refractivity contribution in [2.45, 2.75) is 38.6 Å². The van der Waals surface area contributed by atoms with Gasteiger partial charge in [0.1, 0.15) is 0 Å². The highest BCUT2D eigenvalue weighted by Gasteiger charge is 2.17. The fraction of sp³-hybridized carbons (Fsp3) is 0.400. The number of hydrogen-bond acceptors (Lipinski definition) is 3. The van der Waals surface area contributed by atoms with Crippen LogP contribution in [0.3, 0.4) is 0 Å². The molecule has 0 spiro atoms. The predicted molar refractivity (Wildman–Crippen MR) is 76.0 cm³/mol. The highest BCUT2D eigenvalue weighted by Crippen LogP contribution is 2.34. The van der Waals surface area contributed by atoms with Crippen LogP contribution < -0.4 is 5.73 Å². The highest BCUT2D eigenvalue weighted by molar-refractivity contribution is 7.12. The molecule has 0 bridgehead atoms. The number of pyridine rings is 1. The molecule has 1 unspecified atom stereocenters. The zero-order chi connectivity index (χ0) is 12.5. The lowest BCUT2D eigenvalue weighted by atomic mass is 9.98. The molecule has 94 valence electrons. The van der Waals surface area contributed by atoms with Crippen LogP contribution in [-0.4, -0.2) is 4.98 Å². The molecule has 0 saturated carbocycles. The summed E-state index contributed by atoms with van der Waals surface area (Å²) in [6.07, 6.45) is 7.01. The molecule has 3 rings (SSSR count). The summed E-state index contributed by atoms with van der Waals surface area (Å²) in [4.78, 5) is 7.16. The summed E-state index contributed by atoms with van der Waals surface area (Å²) in [5, 5.41) is 0. The van der Waals surface area contributed by atoms with E-state index in [1.807, 2.05) is 30.5 Å². The third kappa shape index (κ3) is 2.20. The normalized spacial score (nSPS) is 16.3. The average molecular weight is 258 g/mol. The molecule has 0 amide bonds. The molecule has 1 atom stereocenters. The van der Waals surface area contributed by atoms with Gasteiger partial charge in [0, 0.05) is 21.6 Å². The second-order valence-corrected chi connectivity index (χ2v) is 6.18. The molecule has 0 radical (unpaired) electrons. The van der Waals surface area contributed by atoms with Crippen molar-refractivity contribution in [3.8, 4) is 0 Å². The minimum absolute atomic E-state index is 0.0197. The Morgan fingerprint density at radius 3 is 2.83 bits per heavy atom. The monoisotopic (exact) mass is 258 g/mol. The average Bonchev–Trinajstić information content (AvgIpc) is 2.82. The van der Waals surface area contributed by atoms with Crippen molar-refractivity contribution < 1.29 is 0 Å². The maximum absolute atomic E-state index is 6.35. The quantitative estimate of drug-likeness (QED) is 0.897. The first-order valence-electron chi connectivity index (χ1n) is 6.53. The van der Waals surface area contributed by atoms with Crippen LogP contribution in [0.1, 0.15) is 45.5 Å². The van der Waals surface area contributed by atoms with E-state index in [9.17, 15) is 0 Å². The molecule has 1 aliphatic rings. The van der Waals surface area contributed by atoms with Gasteiger partial charge < -0.3 is 5.73 Å². The summed E-state index contributed by atoms with van der Waals surface area (Å²) in [6, 6.07) is 6.41. The molecule has 18 heavy (non-hydrogen) atoms. The predicted octanol–water partition coefficient (Wildman–Crippen LogP) is 3.38. The van der Waals surface area contributed by atoms with Crippen molar-refractivity contribution in [1.29, 1.82) is 0 Å². The van der Waals surface area contributed by atoms with Crippen LogP contribution in [-0.2, 0) is 12.8 Å². The topological polar surface area (TPSA) is 38.9 Å². The fourth-order valence-corrected chi connectivity index (χ4v) is 3.78. The second-order valence-electron chi connectivity index (χ2n) is 5.01. The zero-order valence-corrected chi connectivity index (χ0v) is 11.5. The first-order chi connectivity index (χ1) is 8.74. The number of rotatable bonds is 2. The Morgan fingerprint density at radius 1 is 1.28 bits per heavy atom. The van der Waals surface area contributed by atoms with Crippen LogP contribution in [0, 0.1) is 6.92 Å². The van der Waals surface area contributed by atoms with Crippen molar-refractivity contribution in [2.24, 2.45) is 5.73 Å². The van der Waals surface area contributed by atoms with E-state index < -0.39 is 0 Å². The van der Waals surface area contributed by atoms with Gasteiger partial charge in [0.05, 0.1) is 6.04 Å². The lowest BCUT2D eigenvalue weighted by molar-refractivity contribution is 0.696. The van der Waals surface area contributed by atoms with Gasteiger partial charge in [0.25, 0.3) is 0 Å². The lowest BCUT2D eigenvalue weighted by Gasteiger charge is -2.09. The van der Waals surface area contributed by atoms with E-state index in [-0.39, 0.29) is 6.04 Å². The van der Waals surface area contributed by atoms with Crippen molar-refractivity contribution in [3.05, 3.63) is 51.0 Å². The van der Waals surface area contributed by atoms with Crippen LogP contribution in [0.2, 0.25) is 0 Å². The van der Waals surface area contributed by atoms with Crippen LogP contribution in [0.4, 0.5) is 0 Å². The molecule has 2 nitrogen and oxygen atoms in total. The molecule has 1 aliphatic carbocycles. The molecule has 2 aromatic heterocycles. The molecule has 0 saturated heterocycles. The molecule has 0 fully saturated rings. The van der Waals surface area contributed by atoms with E-state index in [4.69, 9.17) is 5.73 Å². The molecular formula is C15H18N2S. The molecule has 3 heteroatoms. The van der Waals surface area contributed by atoms with Crippen LogP contribution in [0.5, 0.6) is 0 Å². The molecular weight excluding hydrogens is 240 g/mol. The van der Waals surface area contributed by atoms with E-state index in [0.29, 0.717) is 0 Å². The van der Waals surface area contributed by atoms with Crippen LogP contribution in [0.15, 0.2) is 24.4 Å². The highest BCUT2D eigenvalue weighted by atomic mass is 32.1. The summed E-state index contributed by atoms with van der Waals surface area (Å²) in [5.41, 5.74) is 10.0. The smallest absolute Gasteiger partial charge is 0.0661 e. The first kappa shape index (κ1) is 11.9. The van der Waals surface area contributed by atoms with Crippen molar-refractivity contribution >= 4 is 11.3 Å². The van der Waals surface area contributed by atoms with Gasteiger partial charge in [-0.05, 0) is 55.9 Å². The number of fused-ring (bicyclic) bond motifs is 1. The van der Waals surface area contributed by atoms with E-state index in [1.165, 1.54) is 36.1 Å². The first-order valence-corrected chi connectivity index (χ1v) is 7.35. The van der Waals surface area contributed by atoms with Gasteiger partial charge in [-0.25, -0.2) is 0 Å². The summed E-state index contributed by atoms with van der Waals surface area (Å²) >= 11 is 1.89. The standard InChI is InChI=1S/C15H18N2S/c1-10-6-7-12(9-17-10)15(16)14-8-11-4-2-3-5-13(11)18-14/h6-9,15H,2-5,16H2,1H3. The van der Waals surface area contributed by atoms with E-state index in [2.05, 4.69) is 17.1 Å². The number of thiophene rings is 1. The van der Waals surface area contributed by atoms with E-state index >= 15 is 0 Å². The largest absolute Gasteiger partial charge is 0.320 e. The minimum atomic E-state index is -0.0197. The molecule has 2 N–H and O–H groups in total. The minimum Gasteiger partial charge on any atom is -0.320 e. The van der Waals surface area contributed by atoms with Gasteiger partial charge in [-0.2, -0.15) is 0 Å². The Hall–Kier alpha value is -1.19. The van der Waals surface area contributed by atoms with Gasteiger partial charge >= 0.3 is 0 Å². The Balaban J connectivity index is 1.89. The van der Waals surface area contributed by atoms with E-state index in [1.54, 1.807) is 4.88 Å². The van der Waals surface area contributed by atoms with Gasteiger partial charge in [-0.15, -0.1) is 11.3 Å². The molecule has 0 aromatic carbocycles. The zero-order valence-electron chi connectivity index (χ0n) is 10.6. The Bertz CT molecular complexity index is 519. The van der Waals surface area contributed by atoms with E-state index in [0.717, 1.165) is 11.3 Å². The maximum Gasteiger partial charge on any atom is 0.0661 e. The van der Waals surface area contributed by atoms with Gasteiger partial charge in [0.2, 0.25) is 0 Å². The van der Waals surface area contributed by atoms with Crippen molar-refractivity contribution in [1.82, 2.24) is 4.98 Å². The Labute approximate surface area is 112 Å². The summed E-state index contributed by atoms with van der Waals surface area (Å²) < 4.78 is 0. The second kappa shape index (κ2) is 4.82. The lowest BCUT2D eigenvalue weighted by Crippen LogP contribution is -2.10. The molecule has 2 heterocycles. The summed E-state index contributed by atoms with van der Waals surface area (Å²) in [5.74, 6) is 0.